The van der Waals surface area contributed by atoms with Crippen LogP contribution in [0.5, 0.6) is 0 Å². The van der Waals surface area contributed by atoms with Crippen molar-refractivity contribution < 1.29 is 9.31 Å². The molecular formula is C41H37BN2O2. The molecule has 4 nitrogen and oxygen atoms in total. The number of nitrogens with zero attached hydrogens (tertiary/aromatic N) is 2. The van der Waals surface area contributed by atoms with Crippen LogP contribution in [0.3, 0.4) is 0 Å². The summed E-state index contributed by atoms with van der Waals surface area (Å²) in [7, 11) is -0.379. The first-order chi connectivity index (χ1) is 22.2. The normalized spacial score (nSPS) is 15.7. The summed E-state index contributed by atoms with van der Waals surface area (Å²) in [6.45, 7) is 10.5. The highest BCUT2D eigenvalue weighted by atomic mass is 16.7. The first-order valence-electron chi connectivity index (χ1n) is 16.2. The molecule has 0 atom stereocenters. The standard InChI is InChI=1S/C41H37BN2O2/c1-6-39-43-36-16-9-10-17-38(36)44(39)37-23-22-33(34-14-7-8-15-35(34)37)31-21-20-29-24-28(18-19-30(29)25-31)27-12-11-13-32(26-27)42-45-40(2,3)41(4,5)46-42/h7-26H,6H2,1-5H3. The van der Waals surface area contributed by atoms with Gasteiger partial charge in [0, 0.05) is 11.8 Å². The monoisotopic (exact) mass is 600 g/mol. The molecule has 1 aliphatic rings. The Kier molecular flexibility index (Phi) is 6.68. The summed E-state index contributed by atoms with van der Waals surface area (Å²) in [5, 5.41) is 4.87. The van der Waals surface area contributed by atoms with Crippen LogP contribution >= 0.6 is 0 Å². The van der Waals surface area contributed by atoms with E-state index < -0.39 is 0 Å². The van der Waals surface area contributed by atoms with Crippen molar-refractivity contribution in [1.82, 2.24) is 9.55 Å². The average Bonchev–Trinajstić information content (AvgIpc) is 3.56. The third kappa shape index (κ3) is 4.65. The zero-order chi connectivity index (χ0) is 31.6. The number of rotatable bonds is 5. The topological polar surface area (TPSA) is 36.3 Å². The molecule has 0 bridgehead atoms. The molecule has 0 saturated carbocycles. The van der Waals surface area contributed by atoms with Crippen molar-refractivity contribution >= 4 is 45.2 Å². The molecule has 6 aromatic carbocycles. The van der Waals surface area contributed by atoms with Crippen molar-refractivity contribution in [2.75, 3.05) is 0 Å². The summed E-state index contributed by atoms with van der Waals surface area (Å²) in [4.78, 5) is 4.94. The molecule has 0 aliphatic carbocycles. The van der Waals surface area contributed by atoms with E-state index >= 15 is 0 Å². The Hall–Kier alpha value is -4.71. The van der Waals surface area contributed by atoms with Gasteiger partial charge in [-0.05, 0) is 102 Å². The molecule has 7 aromatic rings. The van der Waals surface area contributed by atoms with Gasteiger partial charge >= 0.3 is 7.12 Å². The minimum atomic E-state index is -0.379. The van der Waals surface area contributed by atoms with Crippen LogP contribution < -0.4 is 5.46 Å². The second-order valence-electron chi connectivity index (χ2n) is 13.4. The van der Waals surface area contributed by atoms with Gasteiger partial charge in [0.05, 0.1) is 27.9 Å². The van der Waals surface area contributed by atoms with E-state index in [2.05, 4.69) is 161 Å². The van der Waals surface area contributed by atoms with Gasteiger partial charge in [0.2, 0.25) is 0 Å². The van der Waals surface area contributed by atoms with Crippen LogP contribution in [0.25, 0.3) is 60.5 Å². The number of aromatic nitrogens is 2. The second kappa shape index (κ2) is 10.7. The molecule has 0 spiro atoms. The van der Waals surface area contributed by atoms with Crippen LogP contribution in [0.4, 0.5) is 0 Å². The predicted molar refractivity (Wildman–Crippen MR) is 192 cm³/mol. The molecule has 0 amide bonds. The van der Waals surface area contributed by atoms with Crippen LogP contribution in [-0.2, 0) is 15.7 Å². The van der Waals surface area contributed by atoms with E-state index in [4.69, 9.17) is 14.3 Å². The van der Waals surface area contributed by atoms with Crippen molar-refractivity contribution in [3.63, 3.8) is 0 Å². The van der Waals surface area contributed by atoms with Gasteiger partial charge in [-0.1, -0.05) is 97.9 Å². The van der Waals surface area contributed by atoms with Crippen LogP contribution in [0.2, 0.25) is 0 Å². The molecule has 0 unspecified atom stereocenters. The van der Waals surface area contributed by atoms with Gasteiger partial charge in [-0.15, -0.1) is 0 Å². The zero-order valence-electron chi connectivity index (χ0n) is 27.0. The minimum absolute atomic E-state index is 0.369. The van der Waals surface area contributed by atoms with Gasteiger partial charge in [0.1, 0.15) is 5.82 Å². The fraction of sp³-hybridized carbons (Fsp3) is 0.195. The van der Waals surface area contributed by atoms with Gasteiger partial charge in [-0.3, -0.25) is 4.57 Å². The van der Waals surface area contributed by atoms with Crippen molar-refractivity contribution in [1.29, 1.82) is 0 Å². The molecule has 1 aromatic heterocycles. The molecule has 226 valence electrons. The highest BCUT2D eigenvalue weighted by molar-refractivity contribution is 6.62. The molecular weight excluding hydrogens is 563 g/mol. The van der Waals surface area contributed by atoms with Crippen LogP contribution in [0.1, 0.15) is 40.4 Å². The Morgan fingerprint density at radius 3 is 2.04 bits per heavy atom. The fourth-order valence-corrected chi connectivity index (χ4v) is 6.75. The van der Waals surface area contributed by atoms with E-state index in [0.29, 0.717) is 0 Å². The summed E-state index contributed by atoms with van der Waals surface area (Å²) in [5.41, 5.74) is 8.39. The van der Waals surface area contributed by atoms with Gasteiger partial charge < -0.3 is 9.31 Å². The van der Waals surface area contributed by atoms with Gasteiger partial charge in [0.25, 0.3) is 0 Å². The summed E-state index contributed by atoms with van der Waals surface area (Å²) < 4.78 is 15.0. The first kappa shape index (κ1) is 28.7. The largest absolute Gasteiger partial charge is 0.494 e. The lowest BCUT2D eigenvalue weighted by molar-refractivity contribution is 0.00578. The molecule has 46 heavy (non-hydrogen) atoms. The molecule has 2 heterocycles. The number of aryl methyl sites for hydroxylation is 1. The fourth-order valence-electron chi connectivity index (χ4n) is 6.75. The van der Waals surface area contributed by atoms with Gasteiger partial charge in [-0.25, -0.2) is 4.98 Å². The molecule has 5 heteroatoms. The average molecular weight is 601 g/mol. The van der Waals surface area contributed by atoms with E-state index in [1.165, 1.54) is 38.2 Å². The SMILES string of the molecule is CCc1nc2ccccc2n1-c1ccc(-c2ccc3cc(-c4cccc(B5OC(C)(C)C(C)(C)O5)c4)ccc3c2)c2ccccc12. The van der Waals surface area contributed by atoms with E-state index in [0.717, 1.165) is 40.0 Å². The molecule has 0 N–H and O–H groups in total. The summed E-state index contributed by atoms with van der Waals surface area (Å²) >= 11 is 0. The highest BCUT2D eigenvalue weighted by Crippen LogP contribution is 2.38. The smallest absolute Gasteiger partial charge is 0.399 e. The lowest BCUT2D eigenvalue weighted by Gasteiger charge is -2.32. The quantitative estimate of drug-likeness (QED) is 0.185. The highest BCUT2D eigenvalue weighted by Gasteiger charge is 2.51. The molecule has 8 rings (SSSR count). The summed E-state index contributed by atoms with van der Waals surface area (Å²) in [6.07, 6.45) is 0.861. The molecule has 1 fully saturated rings. The van der Waals surface area contributed by atoms with Crippen molar-refractivity contribution in [2.24, 2.45) is 0 Å². The maximum atomic E-state index is 6.33. The van der Waals surface area contributed by atoms with Crippen molar-refractivity contribution in [3.05, 3.63) is 127 Å². The van der Waals surface area contributed by atoms with Crippen LogP contribution in [-0.4, -0.2) is 27.9 Å². The van der Waals surface area contributed by atoms with E-state index in [-0.39, 0.29) is 18.3 Å². The Morgan fingerprint density at radius 2 is 1.28 bits per heavy atom. The number of imidazole rings is 1. The Balaban J connectivity index is 1.16. The lowest BCUT2D eigenvalue weighted by atomic mass is 9.78. The van der Waals surface area contributed by atoms with Crippen molar-refractivity contribution in [3.8, 4) is 27.9 Å². The lowest BCUT2D eigenvalue weighted by Crippen LogP contribution is -2.41. The van der Waals surface area contributed by atoms with Crippen LogP contribution in [0.15, 0.2) is 121 Å². The number of hydrogen-bond acceptors (Lipinski definition) is 3. The third-order valence-corrected chi connectivity index (χ3v) is 9.99. The van der Waals surface area contributed by atoms with Gasteiger partial charge in [0.15, 0.2) is 0 Å². The molecule has 0 radical (unpaired) electrons. The minimum Gasteiger partial charge on any atom is -0.399 e. The van der Waals surface area contributed by atoms with Crippen molar-refractivity contribution in [2.45, 2.75) is 52.2 Å². The summed E-state index contributed by atoms with van der Waals surface area (Å²) in [5.74, 6) is 1.07. The van der Waals surface area contributed by atoms with E-state index in [1.54, 1.807) is 0 Å². The predicted octanol–water partition coefficient (Wildman–Crippen LogP) is 9.53. The molecule has 1 saturated heterocycles. The Labute approximate surface area is 270 Å². The maximum absolute atomic E-state index is 6.33. The number of fused-ring (bicyclic) bond motifs is 3. The second-order valence-corrected chi connectivity index (χ2v) is 13.4. The summed E-state index contributed by atoms with van der Waals surface area (Å²) in [6, 6.07) is 43.7. The maximum Gasteiger partial charge on any atom is 0.494 e. The van der Waals surface area contributed by atoms with Crippen LogP contribution in [0, 0.1) is 0 Å². The Morgan fingerprint density at radius 1 is 0.630 bits per heavy atom. The molecule has 1 aliphatic heterocycles. The van der Waals surface area contributed by atoms with E-state index in [9.17, 15) is 0 Å². The van der Waals surface area contributed by atoms with Gasteiger partial charge in [-0.2, -0.15) is 0 Å². The van der Waals surface area contributed by atoms with E-state index in [1.807, 2.05) is 0 Å². The first-order valence-corrected chi connectivity index (χ1v) is 16.2. The third-order valence-electron chi connectivity index (χ3n) is 9.99. The number of hydrogen-bond donors (Lipinski definition) is 0. The number of benzene rings is 6. The zero-order valence-corrected chi connectivity index (χ0v) is 27.0. The Bertz CT molecular complexity index is 2270. The number of para-hydroxylation sites is 2.